The molecule has 0 aliphatic carbocycles. The van der Waals surface area contributed by atoms with Crippen LogP contribution in [0.2, 0.25) is 0 Å². The van der Waals surface area contributed by atoms with Crippen molar-refractivity contribution in [1.29, 1.82) is 0 Å². The summed E-state index contributed by atoms with van der Waals surface area (Å²) < 4.78 is 4.40. The zero-order valence-electron chi connectivity index (χ0n) is 2.94. The molecular weight excluding hydrogens is 177 g/mol. The topological polar surface area (TPSA) is 9.23 Å². The van der Waals surface area contributed by atoms with Gasteiger partial charge in [-0.05, 0) is 0 Å². The summed E-state index contributed by atoms with van der Waals surface area (Å²) in [7, 11) is 1.62. The van der Waals surface area contributed by atoms with Gasteiger partial charge in [0.2, 0.25) is 0 Å². The van der Waals surface area contributed by atoms with Crippen molar-refractivity contribution in [3.63, 3.8) is 0 Å². The second-order valence-corrected chi connectivity index (χ2v) is 0.833. The highest BCUT2D eigenvalue weighted by Gasteiger charge is 1.64. The molecule has 0 unspecified atom stereocenters. The van der Waals surface area contributed by atoms with E-state index in [1.165, 1.54) is 0 Å². The molecule has 0 aliphatic rings. The summed E-state index contributed by atoms with van der Waals surface area (Å²) in [5, 5.41) is 1.60. The molecule has 5 heavy (non-hydrogen) atoms. The van der Waals surface area contributed by atoms with Gasteiger partial charge in [0.05, 0.1) is 0 Å². The van der Waals surface area contributed by atoms with Gasteiger partial charge in [0, 0.05) is 15.5 Å². The van der Waals surface area contributed by atoms with Gasteiger partial charge in [-0.25, -0.2) is 0 Å². The normalized spacial score (nSPS) is 5.20. The van der Waals surface area contributed by atoms with Gasteiger partial charge in [0.15, 0.2) is 0 Å². The second-order valence-electron chi connectivity index (χ2n) is 0.325. The summed E-state index contributed by atoms with van der Waals surface area (Å²) in [4.78, 5) is 0. The Hall–Kier alpha value is 0.820. The van der Waals surface area contributed by atoms with Crippen LogP contribution in [0.3, 0.4) is 0 Å². The third-order valence-electron chi connectivity index (χ3n) is 0.0891. The first-order chi connectivity index (χ1) is 1.91. The maximum Gasteiger partial charge on any atom is 0.375 e. The van der Waals surface area contributed by atoms with Crippen LogP contribution in [0, 0.1) is 0 Å². The maximum atomic E-state index is 4.40. The van der Waals surface area contributed by atoms with Crippen molar-refractivity contribution in [2.75, 3.05) is 7.11 Å². The zero-order valence-corrected chi connectivity index (χ0v) is 5.10. The first-order valence-corrected chi connectivity index (χ1v) is 2.11. The molecule has 4 heteroatoms. The molecule has 0 rings (SSSR count). The Kier molecular flexibility index (Phi) is 16.4. The highest BCUT2D eigenvalue weighted by atomic mass is 127. The predicted molar refractivity (Wildman–Crippen MR) is 32.5 cm³/mol. The SMILES string of the molecule is CO[B]I.[B]. The lowest BCUT2D eigenvalue weighted by molar-refractivity contribution is 0.458. The molecule has 0 aromatic carbocycles. The Morgan fingerprint density at radius 3 is 2.00 bits per heavy atom. The highest BCUT2D eigenvalue weighted by molar-refractivity contribution is 14.1. The fourth-order valence-corrected chi connectivity index (χ4v) is 0. The van der Waals surface area contributed by atoms with Crippen molar-refractivity contribution in [1.82, 2.24) is 0 Å². The molecular formula is CH3B2IO. The summed E-state index contributed by atoms with van der Waals surface area (Å²) >= 11 is 2.00. The van der Waals surface area contributed by atoms with Gasteiger partial charge in [-0.1, -0.05) is 0 Å². The Bertz CT molecular complexity index is 11.6. The number of rotatable bonds is 1. The zero-order chi connectivity index (χ0) is 3.41. The van der Waals surface area contributed by atoms with E-state index in [-0.39, 0.29) is 8.41 Å². The predicted octanol–water partition coefficient (Wildman–Crippen LogP) is 0.221. The first-order valence-electron chi connectivity index (χ1n) is 0.862. The van der Waals surface area contributed by atoms with E-state index in [1.54, 1.807) is 12.4 Å². The molecule has 0 bridgehead atoms. The molecule has 0 amide bonds. The van der Waals surface area contributed by atoms with Crippen LogP contribution in [0.5, 0.6) is 0 Å². The maximum absolute atomic E-state index is 4.40. The van der Waals surface area contributed by atoms with Crippen LogP contribution in [-0.4, -0.2) is 20.9 Å². The smallest absolute Gasteiger partial charge is 0.375 e. The molecule has 0 aromatic heterocycles. The van der Waals surface area contributed by atoms with Gasteiger partial charge in [-0.2, -0.15) is 0 Å². The molecule has 0 spiro atoms. The minimum Gasteiger partial charge on any atom is -0.432 e. The second kappa shape index (κ2) is 8.84. The Balaban J connectivity index is 0. The van der Waals surface area contributed by atoms with Crippen molar-refractivity contribution < 1.29 is 4.65 Å². The number of hydrogen-bond acceptors (Lipinski definition) is 1. The van der Waals surface area contributed by atoms with Crippen LogP contribution in [0.4, 0.5) is 0 Å². The summed E-state index contributed by atoms with van der Waals surface area (Å²) in [5.41, 5.74) is 0. The fourth-order valence-electron chi connectivity index (χ4n) is 0. The van der Waals surface area contributed by atoms with Crippen molar-refractivity contribution in [2.45, 2.75) is 0 Å². The first kappa shape index (κ1) is 9.27. The molecule has 0 saturated heterocycles. The van der Waals surface area contributed by atoms with Crippen LogP contribution in [-0.2, 0) is 4.65 Å². The van der Waals surface area contributed by atoms with Gasteiger partial charge in [-0.15, -0.1) is 22.4 Å². The van der Waals surface area contributed by atoms with Gasteiger partial charge in [-0.3, -0.25) is 0 Å². The molecule has 1 nitrogen and oxygen atoms in total. The summed E-state index contributed by atoms with van der Waals surface area (Å²) in [5.74, 6) is 0. The largest absolute Gasteiger partial charge is 0.432 e. The number of hydrogen-bond donors (Lipinski definition) is 0. The van der Waals surface area contributed by atoms with Gasteiger partial charge >= 0.3 is 5.34 Å². The van der Waals surface area contributed by atoms with Crippen LogP contribution in [0.15, 0.2) is 0 Å². The molecule has 0 fully saturated rings. The third-order valence-corrected chi connectivity index (χ3v) is 0.598. The lowest BCUT2D eigenvalue weighted by atomic mass is 10.6. The molecule has 0 saturated carbocycles. The third kappa shape index (κ3) is 11.6. The molecule has 0 atom stereocenters. The van der Waals surface area contributed by atoms with Crippen LogP contribution in [0.1, 0.15) is 0 Å². The highest BCUT2D eigenvalue weighted by Crippen LogP contribution is 1.69. The van der Waals surface area contributed by atoms with Crippen LogP contribution in [0.25, 0.3) is 0 Å². The summed E-state index contributed by atoms with van der Waals surface area (Å²) in [6.07, 6.45) is 0. The fraction of sp³-hybridized carbons (Fsp3) is 1.00. The standard InChI is InChI=1S/CH3BIO.B/c1-4-2-3;/h1H3;. The molecule has 0 heterocycles. The minimum atomic E-state index is 0. The number of halogens is 1. The van der Waals surface area contributed by atoms with Crippen LogP contribution < -0.4 is 0 Å². The van der Waals surface area contributed by atoms with Crippen molar-refractivity contribution in [3.05, 3.63) is 0 Å². The quantitative estimate of drug-likeness (QED) is 0.414. The van der Waals surface area contributed by atoms with Crippen molar-refractivity contribution in [3.8, 4) is 0 Å². The molecule has 0 aromatic rings. The van der Waals surface area contributed by atoms with E-state index >= 15 is 0 Å². The van der Waals surface area contributed by atoms with E-state index in [1.807, 2.05) is 22.4 Å². The Morgan fingerprint density at radius 1 is 1.80 bits per heavy atom. The molecule has 0 N–H and O–H groups in total. The van der Waals surface area contributed by atoms with Gasteiger partial charge in [0.1, 0.15) is 0 Å². The van der Waals surface area contributed by atoms with Crippen molar-refractivity contribution >= 4 is 36.1 Å². The molecule has 4 radical (unpaired) electrons. The van der Waals surface area contributed by atoms with E-state index in [0.29, 0.717) is 0 Å². The van der Waals surface area contributed by atoms with Crippen molar-refractivity contribution in [2.24, 2.45) is 0 Å². The average molecular weight is 180 g/mol. The lowest BCUT2D eigenvalue weighted by Gasteiger charge is -1.70. The van der Waals surface area contributed by atoms with E-state index < -0.39 is 0 Å². The average Bonchev–Trinajstić information content (AvgIpc) is 1.37. The Morgan fingerprint density at radius 2 is 2.00 bits per heavy atom. The van der Waals surface area contributed by atoms with E-state index in [2.05, 4.69) is 4.65 Å². The summed E-state index contributed by atoms with van der Waals surface area (Å²) in [6, 6.07) is 0. The monoisotopic (exact) mass is 180 g/mol. The molecule has 0 aliphatic heterocycles. The molecule has 26 valence electrons. The van der Waals surface area contributed by atoms with Gasteiger partial charge < -0.3 is 4.65 Å². The van der Waals surface area contributed by atoms with Gasteiger partial charge in [0.25, 0.3) is 0 Å². The summed E-state index contributed by atoms with van der Waals surface area (Å²) in [6.45, 7) is 0. The van der Waals surface area contributed by atoms with E-state index in [4.69, 9.17) is 0 Å². The lowest BCUT2D eigenvalue weighted by Crippen LogP contribution is -1.74. The van der Waals surface area contributed by atoms with E-state index in [0.717, 1.165) is 0 Å². The van der Waals surface area contributed by atoms with E-state index in [9.17, 15) is 0 Å². The Labute approximate surface area is 48.2 Å². The minimum absolute atomic E-state index is 0. The van der Waals surface area contributed by atoms with Crippen LogP contribution >= 0.6 is 22.4 Å².